The van der Waals surface area contributed by atoms with Gasteiger partial charge in [-0.25, -0.2) is 9.67 Å². The summed E-state index contributed by atoms with van der Waals surface area (Å²) in [7, 11) is 2.05. The third-order valence-electron chi connectivity index (χ3n) is 4.10. The lowest BCUT2D eigenvalue weighted by atomic mass is 10.3. The zero-order chi connectivity index (χ0) is 18.1. The van der Waals surface area contributed by atoms with Crippen LogP contribution in [0, 0.1) is 4.77 Å². The summed E-state index contributed by atoms with van der Waals surface area (Å²) in [5.41, 5.74) is 1.05. The van der Waals surface area contributed by atoms with Gasteiger partial charge in [-0.05, 0) is 50.5 Å². The van der Waals surface area contributed by atoms with Crippen molar-refractivity contribution in [2.45, 2.75) is 26.7 Å². The average molecular weight is 386 g/mol. The number of furan rings is 1. The molecule has 4 rings (SSSR count). The second-order valence-corrected chi connectivity index (χ2v) is 7.54. The van der Waals surface area contributed by atoms with E-state index in [1.165, 1.54) is 4.70 Å². The quantitative estimate of drug-likeness (QED) is 0.461. The van der Waals surface area contributed by atoms with Crippen molar-refractivity contribution in [2.24, 2.45) is 0 Å². The molecule has 0 N–H and O–H groups in total. The van der Waals surface area contributed by atoms with E-state index in [9.17, 15) is 0 Å². The fourth-order valence-electron chi connectivity index (χ4n) is 2.90. The van der Waals surface area contributed by atoms with Crippen LogP contribution in [0.25, 0.3) is 21.8 Å². The largest absolute Gasteiger partial charge is 0.461 e. The Morgan fingerprint density at radius 2 is 2.08 bits per heavy atom. The first-order valence-corrected chi connectivity index (χ1v) is 9.62. The van der Waals surface area contributed by atoms with Gasteiger partial charge in [0.15, 0.2) is 16.4 Å². The van der Waals surface area contributed by atoms with E-state index in [1.54, 1.807) is 17.6 Å². The van der Waals surface area contributed by atoms with Gasteiger partial charge in [-0.15, -0.1) is 16.4 Å². The molecule has 1 aromatic carbocycles. The lowest BCUT2D eigenvalue weighted by Gasteiger charge is -2.14. The van der Waals surface area contributed by atoms with Gasteiger partial charge in [-0.3, -0.25) is 9.47 Å². The van der Waals surface area contributed by atoms with Crippen LogP contribution in [0.15, 0.2) is 47.1 Å². The Balaban J connectivity index is 1.55. The van der Waals surface area contributed by atoms with Gasteiger partial charge in [0.05, 0.1) is 29.7 Å². The van der Waals surface area contributed by atoms with Gasteiger partial charge < -0.3 is 4.42 Å². The molecule has 6 nitrogen and oxygen atoms in total. The molecule has 0 atom stereocenters. The van der Waals surface area contributed by atoms with Crippen LogP contribution in [-0.2, 0) is 19.8 Å². The highest BCUT2D eigenvalue weighted by Gasteiger charge is 2.15. The molecular weight excluding hydrogens is 366 g/mol. The molecule has 0 radical (unpaired) electrons. The van der Waals surface area contributed by atoms with Crippen LogP contribution in [0.4, 0.5) is 0 Å². The van der Waals surface area contributed by atoms with Crippen LogP contribution in [0.5, 0.6) is 0 Å². The van der Waals surface area contributed by atoms with Gasteiger partial charge >= 0.3 is 0 Å². The number of aromatic nitrogens is 4. The molecule has 0 bridgehead atoms. The highest BCUT2D eigenvalue weighted by Crippen LogP contribution is 2.23. The molecule has 0 aliphatic rings. The number of rotatable bonds is 6. The first kappa shape index (κ1) is 17.1. The van der Waals surface area contributed by atoms with E-state index in [2.05, 4.69) is 23.0 Å². The average Bonchev–Trinajstić information content (AvgIpc) is 3.34. The minimum Gasteiger partial charge on any atom is -0.461 e. The molecule has 3 heterocycles. The summed E-state index contributed by atoms with van der Waals surface area (Å²) >= 11 is 7.33. The number of fused-ring (bicyclic) bond motifs is 1. The highest BCUT2D eigenvalue weighted by molar-refractivity contribution is 7.71. The van der Waals surface area contributed by atoms with Crippen LogP contribution < -0.4 is 0 Å². The lowest BCUT2D eigenvalue weighted by Crippen LogP contribution is -2.22. The van der Waals surface area contributed by atoms with E-state index in [1.807, 2.05) is 46.6 Å². The molecule has 0 saturated heterocycles. The molecular formula is C18H19N5OS2. The second-order valence-electron chi connectivity index (χ2n) is 6.06. The minimum atomic E-state index is 0.593. The van der Waals surface area contributed by atoms with Crippen LogP contribution >= 0.6 is 23.6 Å². The normalized spacial score (nSPS) is 11.7. The van der Waals surface area contributed by atoms with E-state index in [0.29, 0.717) is 11.4 Å². The van der Waals surface area contributed by atoms with E-state index in [4.69, 9.17) is 21.6 Å². The monoisotopic (exact) mass is 385 g/mol. The Morgan fingerprint density at radius 3 is 2.81 bits per heavy atom. The second kappa shape index (κ2) is 7.14. The Morgan fingerprint density at radius 1 is 1.23 bits per heavy atom. The van der Waals surface area contributed by atoms with Crippen molar-refractivity contribution in [1.82, 2.24) is 24.2 Å². The Labute approximate surface area is 160 Å². The molecule has 0 saturated carbocycles. The van der Waals surface area contributed by atoms with Crippen molar-refractivity contribution in [1.29, 1.82) is 0 Å². The molecule has 0 amide bonds. The first-order valence-electron chi connectivity index (χ1n) is 8.40. The SMILES string of the molecule is CCn1c(-c2ccco2)nn(CN(C)Cc2nc3ccccc3s2)c1=S. The maximum atomic E-state index is 5.60. The summed E-state index contributed by atoms with van der Waals surface area (Å²) in [5, 5.41) is 5.76. The number of hydrogen-bond acceptors (Lipinski definition) is 6. The number of hydrogen-bond donors (Lipinski definition) is 0. The third kappa shape index (κ3) is 3.23. The van der Waals surface area contributed by atoms with Crippen molar-refractivity contribution in [3.05, 3.63) is 52.4 Å². The van der Waals surface area contributed by atoms with Gasteiger partial charge in [0.2, 0.25) is 0 Å². The molecule has 3 aromatic heterocycles. The summed E-state index contributed by atoms with van der Waals surface area (Å²) in [6, 6.07) is 12.0. The number of thiazole rings is 1. The Hall–Kier alpha value is -2.29. The predicted octanol–water partition coefficient (Wildman–Crippen LogP) is 4.39. The fraction of sp³-hybridized carbons (Fsp3) is 0.278. The fourth-order valence-corrected chi connectivity index (χ4v) is 4.27. The Kier molecular flexibility index (Phi) is 4.71. The van der Waals surface area contributed by atoms with Crippen LogP contribution in [-0.4, -0.2) is 31.3 Å². The minimum absolute atomic E-state index is 0.593. The lowest BCUT2D eigenvalue weighted by molar-refractivity contribution is 0.243. The van der Waals surface area contributed by atoms with E-state index < -0.39 is 0 Å². The van der Waals surface area contributed by atoms with Crippen LogP contribution in [0.2, 0.25) is 0 Å². The number of benzene rings is 1. The molecule has 4 aromatic rings. The summed E-state index contributed by atoms with van der Waals surface area (Å²) in [6.45, 7) is 4.14. The number of para-hydroxylation sites is 1. The van der Waals surface area contributed by atoms with E-state index >= 15 is 0 Å². The van der Waals surface area contributed by atoms with E-state index in [0.717, 1.165) is 35.2 Å². The molecule has 0 aliphatic heterocycles. The van der Waals surface area contributed by atoms with Crippen LogP contribution in [0.1, 0.15) is 11.9 Å². The third-order valence-corrected chi connectivity index (χ3v) is 5.55. The summed E-state index contributed by atoms with van der Waals surface area (Å²) < 4.78 is 11.2. The predicted molar refractivity (Wildman–Crippen MR) is 106 cm³/mol. The topological polar surface area (TPSA) is 52.0 Å². The molecule has 0 spiro atoms. The molecule has 0 aliphatic carbocycles. The van der Waals surface area contributed by atoms with Crippen molar-refractivity contribution >= 4 is 33.8 Å². The van der Waals surface area contributed by atoms with Crippen molar-refractivity contribution in [3.63, 3.8) is 0 Å². The molecule has 26 heavy (non-hydrogen) atoms. The van der Waals surface area contributed by atoms with Gasteiger partial charge in [-0.1, -0.05) is 12.1 Å². The molecule has 8 heteroatoms. The van der Waals surface area contributed by atoms with E-state index in [-0.39, 0.29) is 0 Å². The molecule has 134 valence electrons. The highest BCUT2D eigenvalue weighted by atomic mass is 32.1. The van der Waals surface area contributed by atoms with Crippen molar-refractivity contribution < 1.29 is 4.42 Å². The maximum absolute atomic E-state index is 5.60. The van der Waals surface area contributed by atoms with Gasteiger partial charge in [0.25, 0.3) is 0 Å². The molecule has 0 fully saturated rings. The summed E-state index contributed by atoms with van der Waals surface area (Å²) in [6.07, 6.45) is 1.65. The van der Waals surface area contributed by atoms with Crippen LogP contribution in [0.3, 0.4) is 0 Å². The van der Waals surface area contributed by atoms with Crippen molar-refractivity contribution in [3.8, 4) is 11.6 Å². The van der Waals surface area contributed by atoms with Gasteiger partial charge in [-0.2, -0.15) is 0 Å². The zero-order valence-corrected chi connectivity index (χ0v) is 16.3. The maximum Gasteiger partial charge on any atom is 0.199 e. The smallest absolute Gasteiger partial charge is 0.199 e. The van der Waals surface area contributed by atoms with Crippen molar-refractivity contribution in [2.75, 3.05) is 7.05 Å². The summed E-state index contributed by atoms with van der Waals surface area (Å²) in [4.78, 5) is 6.86. The summed E-state index contributed by atoms with van der Waals surface area (Å²) in [5.74, 6) is 1.49. The van der Waals surface area contributed by atoms with Gasteiger partial charge in [0.1, 0.15) is 5.01 Å². The number of nitrogens with zero attached hydrogens (tertiary/aromatic N) is 5. The van der Waals surface area contributed by atoms with Gasteiger partial charge in [0, 0.05) is 6.54 Å². The standard InChI is InChI=1S/C18H19N5OS2/c1-3-22-17(14-8-6-10-24-14)20-23(18(22)25)12-21(2)11-16-19-13-7-4-5-9-15(13)26-16/h4-10H,3,11-12H2,1-2H3. The zero-order valence-electron chi connectivity index (χ0n) is 14.6. The Bertz CT molecular complexity index is 1040. The first-order chi connectivity index (χ1) is 12.7. The molecule has 0 unspecified atom stereocenters.